The van der Waals surface area contributed by atoms with E-state index in [9.17, 15) is 26.3 Å². The summed E-state index contributed by atoms with van der Waals surface area (Å²) in [7, 11) is 0. The smallest absolute Gasteiger partial charge is 0.382 e. The fraction of sp³-hybridized carbons (Fsp3) is 0.400. The van der Waals surface area contributed by atoms with Gasteiger partial charge < -0.3 is 5.32 Å². The number of rotatable bonds is 4. The molecule has 0 aliphatic rings. The quantitative estimate of drug-likeness (QED) is 0.640. The summed E-state index contributed by atoms with van der Waals surface area (Å²) in [5.41, 5.74) is -0.851. The maximum absolute atomic E-state index is 12.4. The van der Waals surface area contributed by atoms with E-state index < -0.39 is 24.7 Å². The molecule has 0 spiro atoms. The summed E-state index contributed by atoms with van der Waals surface area (Å²) in [5, 5.41) is 2.43. The Morgan fingerprint density at radius 3 is 2.26 bits per heavy atom. The number of hydrogen-bond donors (Lipinski definition) is 1. The summed E-state index contributed by atoms with van der Waals surface area (Å²) in [6.07, 6.45) is -9.27. The molecule has 19 heavy (non-hydrogen) atoms. The van der Waals surface area contributed by atoms with Crippen molar-refractivity contribution in [3.63, 3.8) is 0 Å². The minimum Gasteiger partial charge on any atom is -0.382 e. The fourth-order valence-corrected chi connectivity index (χ4v) is 1.58. The third-order valence-electron chi connectivity index (χ3n) is 1.98. The zero-order valence-electron chi connectivity index (χ0n) is 9.20. The Kier molecular flexibility index (Phi) is 5.08. The van der Waals surface area contributed by atoms with Crippen LogP contribution in [0.2, 0.25) is 0 Å². The topological polar surface area (TPSA) is 21.3 Å². The number of alkyl halides is 6. The van der Waals surface area contributed by atoms with Crippen LogP contribution in [-0.4, -0.2) is 19.5 Å². The largest absolute Gasteiger partial charge is 0.522 e. The summed E-state index contributed by atoms with van der Waals surface area (Å²) in [4.78, 5) is 0. The lowest BCUT2D eigenvalue weighted by molar-refractivity contribution is -0.322. The third-order valence-corrected chi connectivity index (χ3v) is 2.67. The first-order valence-corrected chi connectivity index (χ1v) is 5.70. The number of halogens is 7. The van der Waals surface area contributed by atoms with Gasteiger partial charge in [-0.05, 0) is 34.1 Å². The van der Waals surface area contributed by atoms with Gasteiger partial charge in [0.15, 0.2) is 0 Å². The van der Waals surface area contributed by atoms with E-state index >= 15 is 0 Å². The van der Waals surface area contributed by atoms with E-state index in [0.29, 0.717) is 4.47 Å². The minimum atomic E-state index is -4.76. The second kappa shape index (κ2) is 6.00. The number of ether oxygens (including phenoxy) is 1. The second-order valence-electron chi connectivity index (χ2n) is 3.41. The average molecular weight is 352 g/mol. The first kappa shape index (κ1) is 16.1. The molecule has 1 N–H and O–H groups in total. The predicted octanol–water partition coefficient (Wildman–Crippen LogP) is 4.42. The van der Waals surface area contributed by atoms with E-state index in [1.165, 1.54) is 0 Å². The standard InChI is InChI=1S/C10H8BrF6NO/c11-7-2-1-6(9(12,13)14)5-8(7)18-3-4-19-10(15,16)17/h1-2,5,18H,3-4H2. The van der Waals surface area contributed by atoms with Crippen LogP contribution in [0.5, 0.6) is 0 Å². The molecule has 0 heterocycles. The molecule has 2 nitrogen and oxygen atoms in total. The van der Waals surface area contributed by atoms with Gasteiger partial charge in [0.2, 0.25) is 0 Å². The van der Waals surface area contributed by atoms with E-state index in [0.717, 1.165) is 18.2 Å². The van der Waals surface area contributed by atoms with E-state index in [1.807, 2.05) is 0 Å². The van der Waals surface area contributed by atoms with Gasteiger partial charge in [-0.3, -0.25) is 4.74 Å². The molecule has 0 saturated heterocycles. The molecule has 1 rings (SSSR count). The first-order chi connectivity index (χ1) is 8.59. The fourth-order valence-electron chi connectivity index (χ4n) is 1.19. The van der Waals surface area contributed by atoms with Crippen molar-refractivity contribution in [2.75, 3.05) is 18.5 Å². The molecular formula is C10H8BrF6NO. The van der Waals surface area contributed by atoms with Crippen LogP contribution in [0, 0.1) is 0 Å². The van der Waals surface area contributed by atoms with Crippen molar-refractivity contribution in [2.24, 2.45) is 0 Å². The van der Waals surface area contributed by atoms with Crippen LogP contribution in [0.15, 0.2) is 22.7 Å². The molecule has 0 amide bonds. The summed E-state index contributed by atoms with van der Waals surface area (Å²) in [6, 6.07) is 2.83. The molecule has 0 radical (unpaired) electrons. The van der Waals surface area contributed by atoms with Crippen molar-refractivity contribution >= 4 is 21.6 Å². The summed E-state index contributed by atoms with van der Waals surface area (Å²) in [5.74, 6) is 0. The van der Waals surface area contributed by atoms with Gasteiger partial charge in [-0.25, -0.2) is 0 Å². The van der Waals surface area contributed by atoms with Gasteiger partial charge in [0.1, 0.15) is 0 Å². The third kappa shape index (κ3) is 5.68. The van der Waals surface area contributed by atoms with Crippen LogP contribution in [0.3, 0.4) is 0 Å². The Morgan fingerprint density at radius 2 is 1.74 bits per heavy atom. The highest BCUT2D eigenvalue weighted by atomic mass is 79.9. The van der Waals surface area contributed by atoms with E-state index in [1.54, 1.807) is 0 Å². The lowest BCUT2D eigenvalue weighted by Gasteiger charge is -2.13. The summed E-state index contributed by atoms with van der Waals surface area (Å²) < 4.78 is 76.1. The molecule has 0 aromatic heterocycles. The maximum Gasteiger partial charge on any atom is 0.522 e. The average Bonchev–Trinajstić information content (AvgIpc) is 2.23. The lowest BCUT2D eigenvalue weighted by atomic mass is 10.2. The first-order valence-electron chi connectivity index (χ1n) is 4.91. The van der Waals surface area contributed by atoms with Crippen molar-refractivity contribution in [1.29, 1.82) is 0 Å². The minimum absolute atomic E-state index is 0.0422. The van der Waals surface area contributed by atoms with Crippen LogP contribution < -0.4 is 5.32 Å². The molecule has 9 heteroatoms. The Bertz CT molecular complexity index is 431. The van der Waals surface area contributed by atoms with Crippen LogP contribution in [0.1, 0.15) is 5.56 Å². The van der Waals surface area contributed by atoms with Gasteiger partial charge >= 0.3 is 12.5 Å². The zero-order valence-corrected chi connectivity index (χ0v) is 10.8. The van der Waals surface area contributed by atoms with Crippen LogP contribution in [0.25, 0.3) is 0 Å². The molecule has 0 bridgehead atoms. The molecule has 0 aliphatic carbocycles. The maximum atomic E-state index is 12.4. The van der Waals surface area contributed by atoms with Crippen molar-refractivity contribution in [3.8, 4) is 0 Å². The Hall–Kier alpha value is -0.960. The molecule has 0 fully saturated rings. The number of hydrogen-bond acceptors (Lipinski definition) is 2. The highest BCUT2D eigenvalue weighted by Crippen LogP contribution is 2.33. The van der Waals surface area contributed by atoms with E-state index in [2.05, 4.69) is 26.0 Å². The van der Waals surface area contributed by atoms with Crippen LogP contribution in [-0.2, 0) is 10.9 Å². The summed E-state index contributed by atoms with van der Waals surface area (Å²) in [6.45, 7) is -0.981. The predicted molar refractivity (Wildman–Crippen MR) is 59.6 cm³/mol. The molecule has 1 aromatic rings. The van der Waals surface area contributed by atoms with Gasteiger partial charge in [-0.1, -0.05) is 0 Å². The van der Waals surface area contributed by atoms with Gasteiger partial charge in [-0.15, -0.1) is 13.2 Å². The Morgan fingerprint density at radius 1 is 1.11 bits per heavy atom. The number of anilines is 1. The normalized spacial score (nSPS) is 12.6. The van der Waals surface area contributed by atoms with Crippen molar-refractivity contribution in [3.05, 3.63) is 28.2 Å². The Balaban J connectivity index is 2.63. The van der Waals surface area contributed by atoms with Gasteiger partial charge in [0.25, 0.3) is 0 Å². The molecule has 1 aromatic carbocycles. The molecule has 0 unspecified atom stereocenters. The molecule has 108 valence electrons. The second-order valence-corrected chi connectivity index (χ2v) is 4.27. The summed E-state index contributed by atoms with van der Waals surface area (Å²) >= 11 is 3.00. The van der Waals surface area contributed by atoms with Crippen LogP contribution in [0.4, 0.5) is 32.0 Å². The molecular weight excluding hydrogens is 344 g/mol. The molecule has 0 aliphatic heterocycles. The van der Waals surface area contributed by atoms with E-state index in [-0.39, 0.29) is 12.2 Å². The Labute approximate surface area is 112 Å². The molecule has 0 saturated carbocycles. The van der Waals surface area contributed by atoms with Gasteiger partial charge in [0.05, 0.1) is 12.2 Å². The SMILES string of the molecule is FC(F)(F)OCCNc1cc(C(F)(F)F)ccc1Br. The highest BCUT2D eigenvalue weighted by molar-refractivity contribution is 9.10. The van der Waals surface area contributed by atoms with Crippen molar-refractivity contribution < 1.29 is 31.1 Å². The van der Waals surface area contributed by atoms with Crippen LogP contribution >= 0.6 is 15.9 Å². The van der Waals surface area contributed by atoms with Crippen molar-refractivity contribution in [2.45, 2.75) is 12.5 Å². The highest BCUT2D eigenvalue weighted by Gasteiger charge is 2.31. The number of nitrogens with one attached hydrogen (secondary N) is 1. The zero-order chi connectivity index (χ0) is 14.7. The van der Waals surface area contributed by atoms with Gasteiger partial charge in [-0.2, -0.15) is 13.2 Å². The lowest BCUT2D eigenvalue weighted by Crippen LogP contribution is -2.19. The number of benzene rings is 1. The van der Waals surface area contributed by atoms with E-state index in [4.69, 9.17) is 0 Å². The molecule has 0 atom stereocenters. The van der Waals surface area contributed by atoms with Crippen molar-refractivity contribution in [1.82, 2.24) is 0 Å². The van der Waals surface area contributed by atoms with Gasteiger partial charge in [0, 0.05) is 16.7 Å². The monoisotopic (exact) mass is 351 g/mol.